The maximum Gasteiger partial charge on any atom is 0.248 e. The van der Waals surface area contributed by atoms with Crippen LogP contribution in [0, 0.1) is 0 Å². The van der Waals surface area contributed by atoms with Gasteiger partial charge in [-0.1, -0.05) is 0 Å². The van der Waals surface area contributed by atoms with Crippen LogP contribution in [0.5, 0.6) is 5.75 Å². The van der Waals surface area contributed by atoms with Gasteiger partial charge in [0.05, 0.1) is 12.6 Å². The number of rotatable bonds is 1. The fraction of sp³-hybridized carbons (Fsp3) is 0.100. The van der Waals surface area contributed by atoms with Crippen LogP contribution in [0.4, 0.5) is 5.69 Å². The number of hydrogen-bond acceptors (Lipinski definition) is 3. The first-order valence-electron chi connectivity index (χ1n) is 4.18. The van der Waals surface area contributed by atoms with Gasteiger partial charge in [-0.05, 0) is 18.2 Å². The summed E-state index contributed by atoms with van der Waals surface area (Å²) in [4.78, 5) is 13.8. The quantitative estimate of drug-likeness (QED) is 0.662. The van der Waals surface area contributed by atoms with Gasteiger partial charge in [-0.2, -0.15) is 0 Å². The molecule has 1 aromatic heterocycles. The maximum absolute atomic E-state index is 11.1. The number of anilines is 1. The zero-order chi connectivity index (χ0) is 10.1. The van der Waals surface area contributed by atoms with Crippen molar-refractivity contribution in [1.82, 2.24) is 4.98 Å². The topological polar surface area (TPSA) is 68.1 Å². The molecule has 0 saturated heterocycles. The monoisotopic (exact) mass is 190 g/mol. The van der Waals surface area contributed by atoms with E-state index in [0.29, 0.717) is 17.0 Å². The Hall–Kier alpha value is -1.97. The second-order valence-electron chi connectivity index (χ2n) is 2.97. The largest absolute Gasteiger partial charge is 0.495 e. The van der Waals surface area contributed by atoms with Gasteiger partial charge in [0.15, 0.2) is 0 Å². The van der Waals surface area contributed by atoms with Crippen molar-refractivity contribution in [2.75, 3.05) is 12.8 Å². The van der Waals surface area contributed by atoms with Crippen molar-refractivity contribution >= 4 is 16.6 Å². The van der Waals surface area contributed by atoms with Crippen molar-refractivity contribution in [3.05, 3.63) is 34.6 Å². The van der Waals surface area contributed by atoms with Gasteiger partial charge in [-0.15, -0.1) is 0 Å². The van der Waals surface area contributed by atoms with Gasteiger partial charge in [0, 0.05) is 17.1 Å². The average Bonchev–Trinajstić information content (AvgIpc) is 2.18. The Morgan fingerprint density at radius 3 is 2.79 bits per heavy atom. The molecule has 0 saturated carbocycles. The van der Waals surface area contributed by atoms with Crippen LogP contribution in [0.25, 0.3) is 10.9 Å². The molecule has 0 aliphatic rings. The Labute approximate surface area is 80.3 Å². The number of nitrogen functional groups attached to an aromatic ring is 1. The lowest BCUT2D eigenvalue weighted by Crippen LogP contribution is -2.04. The average molecular weight is 190 g/mol. The van der Waals surface area contributed by atoms with Gasteiger partial charge >= 0.3 is 0 Å². The molecule has 0 aliphatic heterocycles. The standard InChI is InChI=1S/C10H10N2O2/c1-14-8-4-3-7(11)6-2-5-9(13)12-10(6)8/h2-5H,11H2,1H3,(H,12,13). The molecule has 4 nitrogen and oxygen atoms in total. The molecule has 4 heteroatoms. The number of pyridine rings is 1. The first-order valence-corrected chi connectivity index (χ1v) is 4.18. The van der Waals surface area contributed by atoms with Crippen molar-refractivity contribution < 1.29 is 4.74 Å². The molecular weight excluding hydrogens is 180 g/mol. The lowest BCUT2D eigenvalue weighted by atomic mass is 10.2. The predicted molar refractivity (Wildman–Crippen MR) is 55.5 cm³/mol. The van der Waals surface area contributed by atoms with Gasteiger partial charge < -0.3 is 15.5 Å². The van der Waals surface area contributed by atoms with Gasteiger partial charge in [-0.25, -0.2) is 0 Å². The molecule has 14 heavy (non-hydrogen) atoms. The normalized spacial score (nSPS) is 10.4. The summed E-state index contributed by atoms with van der Waals surface area (Å²) in [5.74, 6) is 0.618. The molecule has 0 unspecified atom stereocenters. The van der Waals surface area contributed by atoms with Crippen molar-refractivity contribution in [2.45, 2.75) is 0 Å². The van der Waals surface area contributed by atoms with E-state index in [4.69, 9.17) is 10.5 Å². The summed E-state index contributed by atoms with van der Waals surface area (Å²) in [5, 5.41) is 0.795. The van der Waals surface area contributed by atoms with Crippen LogP contribution in [-0.2, 0) is 0 Å². The number of hydrogen-bond donors (Lipinski definition) is 2. The molecule has 2 aromatic rings. The van der Waals surface area contributed by atoms with Crippen molar-refractivity contribution in [3.63, 3.8) is 0 Å². The molecule has 0 radical (unpaired) electrons. The molecule has 1 aromatic carbocycles. The number of ether oxygens (including phenoxy) is 1. The fourth-order valence-corrected chi connectivity index (χ4v) is 1.42. The zero-order valence-electron chi connectivity index (χ0n) is 7.70. The predicted octanol–water partition coefficient (Wildman–Crippen LogP) is 1.12. The number of H-pyrrole nitrogens is 1. The number of methoxy groups -OCH3 is 1. The highest BCUT2D eigenvalue weighted by atomic mass is 16.5. The Kier molecular flexibility index (Phi) is 1.89. The summed E-state index contributed by atoms with van der Waals surface area (Å²) >= 11 is 0. The molecule has 0 spiro atoms. The van der Waals surface area contributed by atoms with Crippen LogP contribution in [0.2, 0.25) is 0 Å². The third kappa shape index (κ3) is 1.21. The fourth-order valence-electron chi connectivity index (χ4n) is 1.42. The minimum atomic E-state index is -0.165. The van der Waals surface area contributed by atoms with Crippen molar-refractivity contribution in [2.24, 2.45) is 0 Å². The first-order chi connectivity index (χ1) is 6.72. The van der Waals surface area contributed by atoms with E-state index in [2.05, 4.69) is 4.98 Å². The van der Waals surface area contributed by atoms with E-state index in [1.807, 2.05) is 0 Å². The lowest BCUT2D eigenvalue weighted by Gasteiger charge is -2.06. The number of aromatic nitrogens is 1. The van der Waals surface area contributed by atoms with Gasteiger partial charge in [0.2, 0.25) is 5.56 Å². The molecule has 0 fully saturated rings. The van der Waals surface area contributed by atoms with Gasteiger partial charge in [0.25, 0.3) is 0 Å². The summed E-state index contributed by atoms with van der Waals surface area (Å²) in [6, 6.07) is 6.61. The Morgan fingerprint density at radius 2 is 2.07 bits per heavy atom. The minimum absolute atomic E-state index is 0.165. The lowest BCUT2D eigenvalue weighted by molar-refractivity contribution is 0.419. The second kappa shape index (κ2) is 3.06. The van der Waals surface area contributed by atoms with E-state index in [9.17, 15) is 4.79 Å². The van der Waals surface area contributed by atoms with Crippen LogP contribution in [0.1, 0.15) is 0 Å². The summed E-state index contributed by atoms with van der Waals surface area (Å²) in [7, 11) is 1.55. The number of nitrogens with two attached hydrogens (primary N) is 1. The zero-order valence-corrected chi connectivity index (χ0v) is 7.70. The molecular formula is C10H10N2O2. The van der Waals surface area contributed by atoms with Crippen LogP contribution in [-0.4, -0.2) is 12.1 Å². The van der Waals surface area contributed by atoms with Gasteiger partial charge in [0.1, 0.15) is 5.75 Å². The highest BCUT2D eigenvalue weighted by molar-refractivity contribution is 5.94. The highest BCUT2D eigenvalue weighted by Crippen LogP contribution is 2.26. The van der Waals surface area contributed by atoms with Crippen LogP contribution < -0.4 is 16.0 Å². The highest BCUT2D eigenvalue weighted by Gasteiger charge is 2.04. The van der Waals surface area contributed by atoms with E-state index in [-0.39, 0.29) is 5.56 Å². The van der Waals surface area contributed by atoms with Crippen LogP contribution in [0.15, 0.2) is 29.1 Å². The van der Waals surface area contributed by atoms with Crippen molar-refractivity contribution in [3.8, 4) is 5.75 Å². The third-order valence-corrected chi connectivity index (χ3v) is 2.11. The summed E-state index contributed by atoms with van der Waals surface area (Å²) in [5.41, 5.74) is 6.85. The van der Waals surface area contributed by atoms with Crippen LogP contribution in [0.3, 0.4) is 0 Å². The Bertz CT molecular complexity index is 531. The molecule has 0 amide bonds. The van der Waals surface area contributed by atoms with E-state index >= 15 is 0 Å². The van der Waals surface area contributed by atoms with Crippen LogP contribution >= 0.6 is 0 Å². The second-order valence-corrected chi connectivity index (χ2v) is 2.97. The van der Waals surface area contributed by atoms with E-state index in [0.717, 1.165) is 5.39 Å². The van der Waals surface area contributed by atoms with E-state index in [1.54, 1.807) is 25.3 Å². The van der Waals surface area contributed by atoms with E-state index < -0.39 is 0 Å². The Balaban J connectivity index is 2.92. The smallest absolute Gasteiger partial charge is 0.248 e. The SMILES string of the molecule is COc1ccc(N)c2ccc(=O)[nH]c12. The summed E-state index contributed by atoms with van der Waals surface area (Å²) in [6.45, 7) is 0. The minimum Gasteiger partial charge on any atom is -0.495 e. The molecule has 72 valence electrons. The van der Waals surface area contributed by atoms with E-state index in [1.165, 1.54) is 6.07 Å². The number of aromatic amines is 1. The molecule has 3 N–H and O–H groups in total. The molecule has 2 rings (SSSR count). The molecule has 1 heterocycles. The first kappa shape index (κ1) is 8.62. The third-order valence-electron chi connectivity index (χ3n) is 2.11. The maximum atomic E-state index is 11.1. The molecule has 0 bridgehead atoms. The Morgan fingerprint density at radius 1 is 1.29 bits per heavy atom. The number of nitrogens with one attached hydrogen (secondary N) is 1. The number of fused-ring (bicyclic) bond motifs is 1. The summed E-state index contributed by atoms with van der Waals surface area (Å²) in [6.07, 6.45) is 0. The van der Waals surface area contributed by atoms with Gasteiger partial charge in [-0.3, -0.25) is 4.79 Å². The number of benzene rings is 1. The molecule has 0 atom stereocenters. The van der Waals surface area contributed by atoms with Crippen molar-refractivity contribution in [1.29, 1.82) is 0 Å². The molecule has 0 aliphatic carbocycles. The summed E-state index contributed by atoms with van der Waals surface area (Å²) < 4.78 is 5.11.